The van der Waals surface area contributed by atoms with Crippen LogP contribution in [0.1, 0.15) is 76.7 Å². The molecule has 196 valence electrons. The van der Waals surface area contributed by atoms with Gasteiger partial charge in [0.05, 0.1) is 11.5 Å². The molecule has 1 unspecified atom stereocenters. The average Bonchev–Trinajstić information content (AvgIpc) is 2.78. The number of benzene rings is 1. The second-order valence-electron chi connectivity index (χ2n) is 8.31. The molecule has 0 fully saturated rings. The van der Waals surface area contributed by atoms with E-state index in [0.29, 0.717) is 17.7 Å². The monoisotopic (exact) mass is 526 g/mol. The van der Waals surface area contributed by atoms with Crippen molar-refractivity contribution in [2.75, 3.05) is 18.1 Å². The van der Waals surface area contributed by atoms with E-state index in [1.165, 1.54) is 38.5 Å². The van der Waals surface area contributed by atoms with Crippen molar-refractivity contribution in [3.05, 3.63) is 41.7 Å². The van der Waals surface area contributed by atoms with Crippen molar-refractivity contribution in [3.63, 3.8) is 0 Å². The van der Waals surface area contributed by atoms with Crippen LogP contribution in [0.5, 0.6) is 5.75 Å². The fourth-order valence-corrected chi connectivity index (χ4v) is 4.93. The van der Waals surface area contributed by atoms with Gasteiger partial charge in [-0.15, -0.1) is 0 Å². The van der Waals surface area contributed by atoms with Crippen LogP contribution in [-0.4, -0.2) is 32.7 Å². The van der Waals surface area contributed by atoms with Gasteiger partial charge in [-0.1, -0.05) is 76.8 Å². The molecule has 0 saturated carbocycles. The van der Waals surface area contributed by atoms with Gasteiger partial charge in [0.1, 0.15) is 12.4 Å². The topological polar surface area (TPSA) is 69.7 Å². The minimum atomic E-state index is -4.69. The molecule has 0 aliphatic rings. The van der Waals surface area contributed by atoms with Gasteiger partial charge in [-0.05, 0) is 36.6 Å². The number of rotatable bonds is 19. The molecule has 1 aromatic rings. The van der Waals surface area contributed by atoms with Crippen LogP contribution in [0.3, 0.4) is 0 Å². The number of ether oxygens (including phenoxy) is 1. The van der Waals surface area contributed by atoms with Gasteiger partial charge < -0.3 is 9.26 Å². The minimum absolute atomic E-state index is 0.0255. The molecular formula is C24H38F3O5PS. The maximum atomic E-state index is 12.7. The van der Waals surface area contributed by atoms with E-state index < -0.39 is 30.5 Å². The first kappa shape index (κ1) is 30.6. The molecule has 10 heteroatoms. The van der Waals surface area contributed by atoms with Crippen molar-refractivity contribution in [2.45, 2.75) is 83.7 Å². The second kappa shape index (κ2) is 17.0. The Morgan fingerprint density at radius 3 is 2.00 bits per heavy atom. The zero-order valence-electron chi connectivity index (χ0n) is 19.9. The zero-order chi connectivity index (χ0) is 25.3. The zero-order valence-corrected chi connectivity index (χ0v) is 21.9. The van der Waals surface area contributed by atoms with Gasteiger partial charge in [-0.25, -0.2) is 8.42 Å². The van der Waals surface area contributed by atoms with Crippen molar-refractivity contribution in [2.24, 2.45) is 0 Å². The van der Waals surface area contributed by atoms with Crippen LogP contribution in [0.25, 0.3) is 0 Å². The van der Waals surface area contributed by atoms with Crippen LogP contribution in [0.4, 0.5) is 13.2 Å². The molecule has 34 heavy (non-hydrogen) atoms. The third-order valence-corrected chi connectivity index (χ3v) is 7.42. The van der Waals surface area contributed by atoms with Gasteiger partial charge in [0, 0.05) is 0 Å². The third-order valence-electron chi connectivity index (χ3n) is 5.37. The first-order valence-electron chi connectivity index (χ1n) is 12.0. The Labute approximate surface area is 203 Å². The number of hydrogen-bond donors (Lipinski definition) is 0. The van der Waals surface area contributed by atoms with Gasteiger partial charge in [-0.3, -0.25) is 4.57 Å². The Balaban J connectivity index is 2.26. The molecule has 0 bridgehead atoms. The summed E-state index contributed by atoms with van der Waals surface area (Å²) in [6.45, 7) is 2.23. The van der Waals surface area contributed by atoms with E-state index in [-0.39, 0.29) is 24.5 Å². The fraction of sp³-hybridized carbons (Fsp3) is 0.667. The summed E-state index contributed by atoms with van der Waals surface area (Å²) < 4.78 is 82.6. The molecule has 1 aromatic carbocycles. The lowest BCUT2D eigenvalue weighted by atomic mass is 10.1. The van der Waals surface area contributed by atoms with Crippen molar-refractivity contribution in [1.29, 1.82) is 0 Å². The highest BCUT2D eigenvalue weighted by Crippen LogP contribution is 2.29. The number of sulfone groups is 1. The molecule has 0 spiro atoms. The maximum absolute atomic E-state index is 12.7. The Morgan fingerprint density at radius 2 is 1.47 bits per heavy atom. The summed E-state index contributed by atoms with van der Waals surface area (Å²) in [4.78, 5) is 0. The highest BCUT2D eigenvalue weighted by molar-refractivity contribution is 7.91. The van der Waals surface area contributed by atoms with Crippen LogP contribution < -0.4 is 4.74 Å². The van der Waals surface area contributed by atoms with Crippen molar-refractivity contribution in [3.8, 4) is 5.75 Å². The largest absolute Gasteiger partial charge is 0.493 e. The number of hydrogen-bond acceptors (Lipinski definition) is 5. The third kappa shape index (κ3) is 14.7. The van der Waals surface area contributed by atoms with E-state index in [1.54, 1.807) is 24.3 Å². The summed E-state index contributed by atoms with van der Waals surface area (Å²) in [6.07, 6.45) is 7.53. The minimum Gasteiger partial charge on any atom is -0.493 e. The van der Waals surface area contributed by atoms with Gasteiger partial charge in [0.15, 0.2) is 9.84 Å². The second-order valence-corrected chi connectivity index (χ2v) is 11.0. The normalized spacial score (nSPS) is 13.0. The Morgan fingerprint density at radius 1 is 0.912 bits per heavy atom. The van der Waals surface area contributed by atoms with E-state index in [4.69, 9.17) is 4.74 Å². The maximum Gasteiger partial charge on any atom is 0.448 e. The van der Waals surface area contributed by atoms with Gasteiger partial charge >= 0.3 is 6.18 Å². The van der Waals surface area contributed by atoms with Crippen LogP contribution in [0.2, 0.25) is 0 Å². The van der Waals surface area contributed by atoms with Crippen molar-refractivity contribution >= 4 is 18.5 Å². The molecular weight excluding hydrogens is 488 g/mol. The molecule has 0 heterocycles. The quantitative estimate of drug-likeness (QED) is 0.109. The lowest BCUT2D eigenvalue weighted by Gasteiger charge is -2.10. The predicted octanol–water partition coefficient (Wildman–Crippen LogP) is 7.08. The Hall–Kier alpha value is -1.47. The van der Waals surface area contributed by atoms with Crippen molar-refractivity contribution < 1.29 is 35.4 Å². The summed E-state index contributed by atoms with van der Waals surface area (Å²) >= 11 is 0. The Bertz CT molecular complexity index is 824. The highest BCUT2D eigenvalue weighted by atomic mass is 32.2. The Kier molecular flexibility index (Phi) is 15.3. The first-order valence-corrected chi connectivity index (χ1v) is 14.7. The highest BCUT2D eigenvalue weighted by Gasteiger charge is 2.35. The fourth-order valence-electron chi connectivity index (χ4n) is 3.41. The van der Waals surface area contributed by atoms with Crippen LogP contribution >= 0.6 is 8.69 Å². The molecule has 0 radical (unpaired) electrons. The molecule has 0 aromatic heterocycles. The predicted molar refractivity (Wildman–Crippen MR) is 132 cm³/mol. The van der Waals surface area contributed by atoms with E-state index in [2.05, 4.69) is 11.4 Å². The van der Waals surface area contributed by atoms with E-state index in [0.717, 1.165) is 25.3 Å². The smallest absolute Gasteiger partial charge is 0.448 e. The average molecular weight is 527 g/mol. The lowest BCUT2D eigenvalue weighted by Crippen LogP contribution is -2.17. The summed E-state index contributed by atoms with van der Waals surface area (Å²) in [6, 6.07) is 6.32. The summed E-state index contributed by atoms with van der Waals surface area (Å²) in [7, 11) is -5.18. The van der Waals surface area contributed by atoms with Crippen LogP contribution in [-0.2, 0) is 25.3 Å². The number of unbranched alkanes of at least 4 members (excludes halogenated alkanes) is 9. The molecule has 0 aliphatic carbocycles. The molecule has 1 atom stereocenters. The standard InChI is InChI=1S/C24H38F3O5PS/c1-2-3-4-5-6-7-8-9-10-11-19-34(29,30)20-18-31-22-15-12-21(13-16-22)14-17-23(32-33-28)24(25,26)27/h12-13,15-17H,2-11,14,18-20,33H2,1H3. The van der Waals surface area contributed by atoms with Gasteiger partial charge in [-0.2, -0.15) is 13.2 Å². The SMILES string of the molecule is CCCCCCCCCCCCS(=O)(=O)CCOc1ccc(CC=C(O[PH2]=O)C(F)(F)F)cc1. The molecule has 0 N–H and O–H groups in total. The summed E-state index contributed by atoms with van der Waals surface area (Å²) in [5.74, 6) is -0.741. The van der Waals surface area contributed by atoms with E-state index >= 15 is 0 Å². The summed E-state index contributed by atoms with van der Waals surface area (Å²) in [5, 5.41) is 0. The van der Waals surface area contributed by atoms with Crippen LogP contribution in [0, 0.1) is 0 Å². The van der Waals surface area contributed by atoms with Crippen LogP contribution in [0.15, 0.2) is 36.1 Å². The van der Waals surface area contributed by atoms with Gasteiger partial charge in [0.2, 0.25) is 14.4 Å². The summed E-state index contributed by atoms with van der Waals surface area (Å²) in [5.41, 5.74) is 0.576. The molecule has 0 saturated heterocycles. The molecule has 1 rings (SSSR count). The molecule has 5 nitrogen and oxygen atoms in total. The van der Waals surface area contributed by atoms with Gasteiger partial charge in [0.25, 0.3) is 0 Å². The first-order chi connectivity index (χ1) is 16.2. The van der Waals surface area contributed by atoms with E-state index in [9.17, 15) is 26.2 Å². The lowest BCUT2D eigenvalue weighted by molar-refractivity contribution is -0.115. The molecule has 0 aliphatic heterocycles. The number of allylic oxidation sites excluding steroid dienone is 2. The number of halogens is 3. The molecule has 0 amide bonds. The number of alkyl halides is 3. The van der Waals surface area contributed by atoms with Crippen molar-refractivity contribution in [1.82, 2.24) is 0 Å². The van der Waals surface area contributed by atoms with E-state index in [1.807, 2.05) is 0 Å².